The maximum atomic E-state index is 13.4. The Kier molecular flexibility index (Phi) is 6.68. The molecule has 0 spiro atoms. The van der Waals surface area contributed by atoms with Gasteiger partial charge in [0.25, 0.3) is 5.91 Å². The zero-order valence-corrected chi connectivity index (χ0v) is 18.8. The zero-order valence-electron chi connectivity index (χ0n) is 18.8. The van der Waals surface area contributed by atoms with Gasteiger partial charge in [-0.2, -0.15) is 13.2 Å². The summed E-state index contributed by atoms with van der Waals surface area (Å²) in [5.41, 5.74) is 1.50. The molecule has 0 saturated carbocycles. The van der Waals surface area contributed by atoms with E-state index in [-0.39, 0.29) is 18.3 Å². The number of methoxy groups -OCH3 is 2. The molecule has 1 atom stereocenters. The molecule has 0 bridgehead atoms. The number of hydrogen-bond donors (Lipinski definition) is 0. The number of nitrogens with zero attached hydrogens (tertiary/aromatic N) is 1. The Labute approximate surface area is 195 Å². The fraction of sp³-hybridized carbons (Fsp3) is 0.269. The summed E-state index contributed by atoms with van der Waals surface area (Å²) in [5, 5.41) is 0. The molecule has 0 aromatic heterocycles. The van der Waals surface area contributed by atoms with Gasteiger partial charge in [0.1, 0.15) is 12.4 Å². The second-order valence-electron chi connectivity index (χ2n) is 7.87. The SMILES string of the molecule is COc1cc2c(cc1OC)C(COc1cccc(C(F)(F)F)c1)N(C(=O)c1ccccc1)CC2. The summed E-state index contributed by atoms with van der Waals surface area (Å²) in [6.45, 7) is 0.398. The number of benzene rings is 3. The number of hydrogen-bond acceptors (Lipinski definition) is 4. The Balaban J connectivity index is 1.69. The van der Waals surface area contributed by atoms with Crippen LogP contribution in [0.1, 0.15) is 33.1 Å². The maximum Gasteiger partial charge on any atom is 0.416 e. The Hall–Kier alpha value is -3.68. The number of fused-ring (bicyclic) bond motifs is 1. The zero-order chi connectivity index (χ0) is 24.3. The minimum Gasteiger partial charge on any atom is -0.493 e. The molecule has 1 heterocycles. The molecule has 0 saturated heterocycles. The predicted molar refractivity (Wildman–Crippen MR) is 120 cm³/mol. The van der Waals surface area contributed by atoms with Crippen LogP contribution in [0.3, 0.4) is 0 Å². The van der Waals surface area contributed by atoms with E-state index in [0.29, 0.717) is 30.0 Å². The fourth-order valence-corrected chi connectivity index (χ4v) is 4.13. The molecule has 1 amide bonds. The summed E-state index contributed by atoms with van der Waals surface area (Å²) in [4.78, 5) is 15.1. The number of carbonyl (C=O) groups excluding carboxylic acids is 1. The average Bonchev–Trinajstić information content (AvgIpc) is 2.86. The van der Waals surface area contributed by atoms with Crippen LogP contribution in [0.4, 0.5) is 13.2 Å². The Morgan fingerprint density at radius 1 is 0.971 bits per heavy atom. The molecule has 1 aliphatic heterocycles. The molecular weight excluding hydrogens is 447 g/mol. The molecule has 34 heavy (non-hydrogen) atoms. The minimum atomic E-state index is -4.48. The van der Waals surface area contributed by atoms with Crippen molar-refractivity contribution in [3.63, 3.8) is 0 Å². The molecule has 178 valence electrons. The second kappa shape index (κ2) is 9.67. The molecule has 3 aromatic carbocycles. The van der Waals surface area contributed by atoms with Crippen LogP contribution in [0.25, 0.3) is 0 Å². The molecule has 1 aliphatic rings. The highest BCUT2D eigenvalue weighted by molar-refractivity contribution is 5.94. The van der Waals surface area contributed by atoms with Crippen LogP contribution in [0.15, 0.2) is 66.7 Å². The van der Waals surface area contributed by atoms with Gasteiger partial charge in [-0.15, -0.1) is 0 Å². The van der Waals surface area contributed by atoms with Gasteiger partial charge in [-0.25, -0.2) is 0 Å². The fourth-order valence-electron chi connectivity index (χ4n) is 4.13. The van der Waals surface area contributed by atoms with Crippen LogP contribution >= 0.6 is 0 Å². The van der Waals surface area contributed by atoms with Crippen molar-refractivity contribution in [2.75, 3.05) is 27.4 Å². The molecule has 0 aliphatic carbocycles. The van der Waals surface area contributed by atoms with Gasteiger partial charge in [0.05, 0.1) is 25.8 Å². The van der Waals surface area contributed by atoms with Gasteiger partial charge in [0.2, 0.25) is 0 Å². The van der Waals surface area contributed by atoms with Crippen molar-refractivity contribution in [1.82, 2.24) is 4.90 Å². The topological polar surface area (TPSA) is 48.0 Å². The molecular formula is C26H24F3NO4. The highest BCUT2D eigenvalue weighted by atomic mass is 19.4. The molecule has 0 fully saturated rings. The van der Waals surface area contributed by atoms with Crippen molar-refractivity contribution in [2.45, 2.75) is 18.6 Å². The van der Waals surface area contributed by atoms with Crippen LogP contribution in [0.2, 0.25) is 0 Å². The summed E-state index contributed by atoms with van der Waals surface area (Å²) in [7, 11) is 3.07. The molecule has 5 nitrogen and oxygen atoms in total. The molecule has 0 N–H and O–H groups in total. The monoisotopic (exact) mass is 471 g/mol. The van der Waals surface area contributed by atoms with E-state index in [1.165, 1.54) is 19.2 Å². The highest BCUT2D eigenvalue weighted by Gasteiger charge is 2.34. The number of halogens is 3. The van der Waals surface area contributed by atoms with E-state index < -0.39 is 17.8 Å². The van der Waals surface area contributed by atoms with Gasteiger partial charge in [-0.3, -0.25) is 4.79 Å². The summed E-state index contributed by atoms with van der Waals surface area (Å²) in [5.74, 6) is 0.967. The summed E-state index contributed by atoms with van der Waals surface area (Å²) in [6, 6.07) is 16.7. The van der Waals surface area contributed by atoms with Crippen LogP contribution in [-0.2, 0) is 12.6 Å². The van der Waals surface area contributed by atoms with Crippen LogP contribution in [-0.4, -0.2) is 38.2 Å². The predicted octanol–water partition coefficient (Wildman–Crippen LogP) is 5.54. The van der Waals surface area contributed by atoms with Crippen LogP contribution in [0, 0.1) is 0 Å². The van der Waals surface area contributed by atoms with Crippen molar-refractivity contribution in [3.05, 3.63) is 89.0 Å². The van der Waals surface area contributed by atoms with Gasteiger partial charge in [-0.05, 0) is 60.0 Å². The third-order valence-corrected chi connectivity index (χ3v) is 5.85. The first-order valence-corrected chi connectivity index (χ1v) is 10.7. The lowest BCUT2D eigenvalue weighted by Gasteiger charge is -2.37. The average molecular weight is 471 g/mol. The standard InChI is InChI=1S/C26H24F3NO4/c1-32-23-13-18-11-12-30(25(31)17-7-4-3-5-8-17)22(21(18)15-24(23)33-2)16-34-20-10-6-9-19(14-20)26(27,28)29/h3-10,13-15,22H,11-12,16H2,1-2H3. The van der Waals surface area contributed by atoms with E-state index in [1.54, 1.807) is 42.3 Å². The van der Waals surface area contributed by atoms with Crippen molar-refractivity contribution in [3.8, 4) is 17.2 Å². The van der Waals surface area contributed by atoms with E-state index >= 15 is 0 Å². The summed E-state index contributed by atoms with van der Waals surface area (Å²) >= 11 is 0. The number of carbonyl (C=O) groups is 1. The van der Waals surface area contributed by atoms with Crippen LogP contribution < -0.4 is 14.2 Å². The first-order chi connectivity index (χ1) is 16.3. The van der Waals surface area contributed by atoms with E-state index in [0.717, 1.165) is 23.3 Å². The molecule has 0 radical (unpaired) electrons. The quantitative estimate of drug-likeness (QED) is 0.474. The Morgan fingerprint density at radius 2 is 1.68 bits per heavy atom. The van der Waals surface area contributed by atoms with Gasteiger partial charge in [0.15, 0.2) is 11.5 Å². The first-order valence-electron chi connectivity index (χ1n) is 10.7. The van der Waals surface area contributed by atoms with Crippen molar-refractivity contribution in [2.24, 2.45) is 0 Å². The maximum absolute atomic E-state index is 13.4. The lowest BCUT2D eigenvalue weighted by atomic mass is 9.91. The van der Waals surface area contributed by atoms with Crippen molar-refractivity contribution < 1.29 is 32.2 Å². The van der Waals surface area contributed by atoms with Gasteiger partial charge < -0.3 is 19.1 Å². The van der Waals surface area contributed by atoms with Gasteiger partial charge >= 0.3 is 6.18 Å². The largest absolute Gasteiger partial charge is 0.493 e. The summed E-state index contributed by atoms with van der Waals surface area (Å²) < 4.78 is 56.1. The smallest absolute Gasteiger partial charge is 0.416 e. The number of ether oxygens (including phenoxy) is 3. The highest BCUT2D eigenvalue weighted by Crippen LogP contribution is 2.39. The van der Waals surface area contributed by atoms with E-state index in [2.05, 4.69) is 0 Å². The normalized spacial score (nSPS) is 15.4. The van der Waals surface area contributed by atoms with E-state index in [9.17, 15) is 18.0 Å². The number of rotatable bonds is 6. The second-order valence-corrected chi connectivity index (χ2v) is 7.87. The molecule has 4 rings (SSSR count). The summed E-state index contributed by atoms with van der Waals surface area (Å²) in [6.07, 6.45) is -3.88. The molecule has 8 heteroatoms. The van der Waals surface area contributed by atoms with E-state index in [1.807, 2.05) is 12.1 Å². The third kappa shape index (κ3) is 4.81. The van der Waals surface area contributed by atoms with Crippen LogP contribution in [0.5, 0.6) is 17.2 Å². The lowest BCUT2D eigenvalue weighted by molar-refractivity contribution is -0.137. The molecule has 3 aromatic rings. The minimum absolute atomic E-state index is 0.0254. The van der Waals surface area contributed by atoms with E-state index in [4.69, 9.17) is 14.2 Å². The first kappa shape index (κ1) is 23.5. The molecule has 1 unspecified atom stereocenters. The van der Waals surface area contributed by atoms with Crippen molar-refractivity contribution in [1.29, 1.82) is 0 Å². The Morgan fingerprint density at radius 3 is 2.35 bits per heavy atom. The lowest BCUT2D eigenvalue weighted by Crippen LogP contribution is -2.42. The van der Waals surface area contributed by atoms with Crippen molar-refractivity contribution >= 4 is 5.91 Å². The van der Waals surface area contributed by atoms with Gasteiger partial charge in [-0.1, -0.05) is 24.3 Å². The Bertz CT molecular complexity index is 1160. The van der Waals surface area contributed by atoms with Gasteiger partial charge in [0, 0.05) is 12.1 Å². The third-order valence-electron chi connectivity index (χ3n) is 5.85. The number of amides is 1. The number of alkyl halides is 3.